The molecule has 0 aromatic heterocycles. The van der Waals surface area contributed by atoms with E-state index in [-0.39, 0.29) is 12.3 Å². The molecule has 0 aromatic rings. The molecule has 0 aliphatic carbocycles. The SMILES string of the molecule is CSCCC(=O)NC(C)(C)CC(=O)O. The molecule has 1 amide bonds. The summed E-state index contributed by atoms with van der Waals surface area (Å²) in [4.78, 5) is 21.7. The number of hydrogen-bond donors (Lipinski definition) is 2. The second kappa shape index (κ2) is 5.90. The lowest BCUT2D eigenvalue weighted by Crippen LogP contribution is -2.45. The van der Waals surface area contributed by atoms with Crippen molar-refractivity contribution in [3.8, 4) is 0 Å². The van der Waals surface area contributed by atoms with Crippen LogP contribution < -0.4 is 5.32 Å². The fourth-order valence-corrected chi connectivity index (χ4v) is 1.45. The molecule has 82 valence electrons. The van der Waals surface area contributed by atoms with Crippen molar-refractivity contribution in [1.29, 1.82) is 0 Å². The molecular formula is C9H17NO3S. The molecule has 0 saturated heterocycles. The van der Waals surface area contributed by atoms with Crippen LogP contribution >= 0.6 is 11.8 Å². The summed E-state index contributed by atoms with van der Waals surface area (Å²) in [6.07, 6.45) is 2.30. The third-order valence-electron chi connectivity index (χ3n) is 1.60. The summed E-state index contributed by atoms with van der Waals surface area (Å²) in [5.41, 5.74) is -0.665. The molecule has 0 spiro atoms. The Balaban J connectivity index is 3.95. The zero-order valence-electron chi connectivity index (χ0n) is 8.79. The van der Waals surface area contributed by atoms with E-state index in [9.17, 15) is 9.59 Å². The number of rotatable bonds is 6. The Kier molecular flexibility index (Phi) is 5.60. The maximum atomic E-state index is 11.3. The predicted molar refractivity (Wildman–Crippen MR) is 57.5 cm³/mol. The first-order chi connectivity index (χ1) is 6.37. The highest BCUT2D eigenvalue weighted by molar-refractivity contribution is 7.98. The molecule has 0 fully saturated rings. The van der Waals surface area contributed by atoms with Gasteiger partial charge in [0.1, 0.15) is 0 Å². The highest BCUT2D eigenvalue weighted by Crippen LogP contribution is 2.08. The predicted octanol–water partition coefficient (Wildman–Crippen LogP) is 1.11. The third kappa shape index (κ3) is 6.77. The standard InChI is InChI=1S/C9H17NO3S/c1-9(2,6-8(12)13)10-7(11)4-5-14-3/h4-6H2,1-3H3,(H,10,11)(H,12,13). The smallest absolute Gasteiger partial charge is 0.305 e. The molecule has 0 aromatic carbocycles. The van der Waals surface area contributed by atoms with Gasteiger partial charge in [-0.2, -0.15) is 11.8 Å². The van der Waals surface area contributed by atoms with E-state index in [1.807, 2.05) is 6.26 Å². The molecule has 0 aliphatic rings. The van der Waals surface area contributed by atoms with Crippen molar-refractivity contribution in [3.05, 3.63) is 0 Å². The number of thioether (sulfide) groups is 1. The summed E-state index contributed by atoms with van der Waals surface area (Å²) in [5.74, 6) is -0.236. The Morgan fingerprint density at radius 3 is 2.43 bits per heavy atom. The maximum Gasteiger partial charge on any atom is 0.305 e. The van der Waals surface area contributed by atoms with Gasteiger partial charge in [-0.1, -0.05) is 0 Å². The molecule has 0 rings (SSSR count). The number of aliphatic carboxylic acids is 1. The molecule has 0 bridgehead atoms. The minimum Gasteiger partial charge on any atom is -0.481 e. The van der Waals surface area contributed by atoms with Crippen LogP contribution in [0.25, 0.3) is 0 Å². The van der Waals surface area contributed by atoms with Gasteiger partial charge in [0.05, 0.1) is 6.42 Å². The fourth-order valence-electron chi connectivity index (χ4n) is 1.06. The van der Waals surface area contributed by atoms with Gasteiger partial charge < -0.3 is 10.4 Å². The van der Waals surface area contributed by atoms with Gasteiger partial charge in [0.15, 0.2) is 0 Å². The van der Waals surface area contributed by atoms with Gasteiger partial charge in [0, 0.05) is 17.7 Å². The van der Waals surface area contributed by atoms with Gasteiger partial charge >= 0.3 is 5.97 Å². The second-order valence-electron chi connectivity index (χ2n) is 3.75. The van der Waals surface area contributed by atoms with Crippen molar-refractivity contribution in [2.24, 2.45) is 0 Å². The van der Waals surface area contributed by atoms with E-state index in [2.05, 4.69) is 5.32 Å². The van der Waals surface area contributed by atoms with Crippen molar-refractivity contribution < 1.29 is 14.7 Å². The summed E-state index contributed by atoms with van der Waals surface area (Å²) in [6.45, 7) is 3.41. The number of carboxylic acids is 1. The lowest BCUT2D eigenvalue weighted by atomic mass is 10.0. The average molecular weight is 219 g/mol. The summed E-state index contributed by atoms with van der Waals surface area (Å²) in [5, 5.41) is 11.3. The lowest BCUT2D eigenvalue weighted by molar-refractivity contribution is -0.138. The van der Waals surface area contributed by atoms with E-state index in [4.69, 9.17) is 5.11 Å². The number of carbonyl (C=O) groups excluding carboxylic acids is 1. The van der Waals surface area contributed by atoms with Crippen molar-refractivity contribution in [3.63, 3.8) is 0 Å². The van der Waals surface area contributed by atoms with Crippen LogP contribution in [0.4, 0.5) is 0 Å². The van der Waals surface area contributed by atoms with E-state index in [1.165, 1.54) is 0 Å². The average Bonchev–Trinajstić information content (AvgIpc) is 1.96. The number of nitrogens with one attached hydrogen (secondary N) is 1. The van der Waals surface area contributed by atoms with Crippen LogP contribution in [-0.2, 0) is 9.59 Å². The Bertz CT molecular complexity index is 216. The number of hydrogen-bond acceptors (Lipinski definition) is 3. The van der Waals surface area contributed by atoms with Crippen LogP contribution in [-0.4, -0.2) is 34.5 Å². The van der Waals surface area contributed by atoms with Gasteiger partial charge in [-0.05, 0) is 20.1 Å². The Morgan fingerprint density at radius 2 is 2.00 bits per heavy atom. The zero-order chi connectivity index (χ0) is 11.2. The Morgan fingerprint density at radius 1 is 1.43 bits per heavy atom. The highest BCUT2D eigenvalue weighted by atomic mass is 32.2. The molecule has 14 heavy (non-hydrogen) atoms. The molecule has 0 radical (unpaired) electrons. The monoisotopic (exact) mass is 219 g/mol. The summed E-state index contributed by atoms with van der Waals surface area (Å²) in [6, 6.07) is 0. The molecule has 5 heteroatoms. The van der Waals surface area contributed by atoms with E-state index < -0.39 is 11.5 Å². The van der Waals surface area contributed by atoms with E-state index >= 15 is 0 Å². The van der Waals surface area contributed by atoms with Crippen molar-refractivity contribution in [2.75, 3.05) is 12.0 Å². The Labute approximate surface area is 88.4 Å². The molecule has 0 saturated carbocycles. The van der Waals surface area contributed by atoms with Gasteiger partial charge in [-0.15, -0.1) is 0 Å². The number of amides is 1. The quantitative estimate of drug-likeness (QED) is 0.702. The molecule has 4 nitrogen and oxygen atoms in total. The van der Waals surface area contributed by atoms with Crippen molar-refractivity contribution >= 4 is 23.6 Å². The van der Waals surface area contributed by atoms with Gasteiger partial charge in [0.25, 0.3) is 0 Å². The van der Waals surface area contributed by atoms with E-state index in [0.29, 0.717) is 6.42 Å². The topological polar surface area (TPSA) is 66.4 Å². The highest BCUT2D eigenvalue weighted by Gasteiger charge is 2.23. The lowest BCUT2D eigenvalue weighted by Gasteiger charge is -2.24. The van der Waals surface area contributed by atoms with Gasteiger partial charge in [-0.3, -0.25) is 9.59 Å². The normalized spacial score (nSPS) is 11.1. The largest absolute Gasteiger partial charge is 0.481 e. The zero-order valence-corrected chi connectivity index (χ0v) is 9.61. The van der Waals surface area contributed by atoms with Crippen molar-refractivity contribution in [2.45, 2.75) is 32.2 Å². The molecule has 0 heterocycles. The van der Waals surface area contributed by atoms with E-state index in [1.54, 1.807) is 25.6 Å². The Hall–Kier alpha value is -0.710. The van der Waals surface area contributed by atoms with Crippen LogP contribution in [0.3, 0.4) is 0 Å². The van der Waals surface area contributed by atoms with Crippen LogP contribution in [0.2, 0.25) is 0 Å². The first-order valence-electron chi connectivity index (χ1n) is 4.39. The van der Waals surface area contributed by atoms with Gasteiger partial charge in [-0.25, -0.2) is 0 Å². The summed E-state index contributed by atoms with van der Waals surface area (Å²) < 4.78 is 0. The summed E-state index contributed by atoms with van der Waals surface area (Å²) >= 11 is 1.59. The van der Waals surface area contributed by atoms with Crippen molar-refractivity contribution in [1.82, 2.24) is 5.32 Å². The van der Waals surface area contributed by atoms with Crippen LogP contribution in [0.1, 0.15) is 26.7 Å². The number of carbonyl (C=O) groups is 2. The molecule has 2 N–H and O–H groups in total. The summed E-state index contributed by atoms with van der Waals surface area (Å²) in [7, 11) is 0. The molecular weight excluding hydrogens is 202 g/mol. The van der Waals surface area contributed by atoms with Gasteiger partial charge in [0.2, 0.25) is 5.91 Å². The fraction of sp³-hybridized carbons (Fsp3) is 0.778. The third-order valence-corrected chi connectivity index (χ3v) is 2.22. The van der Waals surface area contributed by atoms with E-state index in [0.717, 1.165) is 5.75 Å². The van der Waals surface area contributed by atoms with Crippen LogP contribution in [0.5, 0.6) is 0 Å². The molecule has 0 unspecified atom stereocenters. The number of carboxylic acid groups (broad SMARTS) is 1. The minimum absolute atomic E-state index is 0.0575. The first-order valence-corrected chi connectivity index (χ1v) is 5.78. The maximum absolute atomic E-state index is 11.3. The van der Waals surface area contributed by atoms with Crippen LogP contribution in [0, 0.1) is 0 Å². The first kappa shape index (κ1) is 13.3. The van der Waals surface area contributed by atoms with Crippen LogP contribution in [0.15, 0.2) is 0 Å². The molecule has 0 atom stereocenters. The minimum atomic E-state index is -0.903. The second-order valence-corrected chi connectivity index (χ2v) is 4.73. The molecule has 0 aliphatic heterocycles.